The maximum atomic E-state index is 13.3. The van der Waals surface area contributed by atoms with Crippen LogP contribution in [-0.2, 0) is 6.42 Å². The molecule has 0 bridgehead atoms. The van der Waals surface area contributed by atoms with Gasteiger partial charge in [0.1, 0.15) is 11.6 Å². The number of halogens is 1. The van der Waals surface area contributed by atoms with Crippen LogP contribution in [0.2, 0.25) is 0 Å². The van der Waals surface area contributed by atoms with E-state index in [1.54, 1.807) is 13.2 Å². The standard InChI is InChI=1S/C12H18FNO/c1-4-10-11(8(2)7-14)5-9(13)6-12(10)15-3/h5-6,8H,4,7,14H2,1-3H3. The first-order valence-corrected chi connectivity index (χ1v) is 5.20. The predicted molar refractivity (Wildman–Crippen MR) is 59.8 cm³/mol. The van der Waals surface area contributed by atoms with Gasteiger partial charge in [0.25, 0.3) is 0 Å². The summed E-state index contributed by atoms with van der Waals surface area (Å²) >= 11 is 0. The lowest BCUT2D eigenvalue weighted by atomic mass is 9.93. The van der Waals surface area contributed by atoms with Gasteiger partial charge in [-0.3, -0.25) is 0 Å². The Balaban J connectivity index is 3.28. The zero-order valence-corrected chi connectivity index (χ0v) is 9.51. The summed E-state index contributed by atoms with van der Waals surface area (Å²) < 4.78 is 18.5. The molecule has 1 rings (SSSR count). The Hall–Kier alpha value is -1.09. The van der Waals surface area contributed by atoms with Crippen LogP contribution in [0.15, 0.2) is 12.1 Å². The zero-order chi connectivity index (χ0) is 11.4. The van der Waals surface area contributed by atoms with Gasteiger partial charge in [-0.15, -0.1) is 0 Å². The first kappa shape index (κ1) is 12.0. The van der Waals surface area contributed by atoms with Crippen LogP contribution >= 0.6 is 0 Å². The first-order valence-electron chi connectivity index (χ1n) is 5.20. The maximum Gasteiger partial charge on any atom is 0.127 e. The largest absolute Gasteiger partial charge is 0.496 e. The fraction of sp³-hybridized carbons (Fsp3) is 0.500. The third-order valence-corrected chi connectivity index (χ3v) is 2.67. The van der Waals surface area contributed by atoms with E-state index in [9.17, 15) is 4.39 Å². The normalized spacial score (nSPS) is 12.6. The molecule has 0 saturated carbocycles. The number of methoxy groups -OCH3 is 1. The Kier molecular flexibility index (Phi) is 4.09. The molecule has 1 atom stereocenters. The van der Waals surface area contributed by atoms with Crippen molar-refractivity contribution in [2.45, 2.75) is 26.2 Å². The van der Waals surface area contributed by atoms with Crippen molar-refractivity contribution in [3.63, 3.8) is 0 Å². The van der Waals surface area contributed by atoms with E-state index in [0.29, 0.717) is 12.3 Å². The highest BCUT2D eigenvalue weighted by molar-refractivity contribution is 5.42. The summed E-state index contributed by atoms with van der Waals surface area (Å²) in [6, 6.07) is 2.98. The van der Waals surface area contributed by atoms with Gasteiger partial charge in [0.2, 0.25) is 0 Å². The van der Waals surface area contributed by atoms with Gasteiger partial charge in [-0.25, -0.2) is 4.39 Å². The molecule has 15 heavy (non-hydrogen) atoms. The number of hydrogen-bond donors (Lipinski definition) is 1. The molecule has 3 heteroatoms. The van der Waals surface area contributed by atoms with E-state index >= 15 is 0 Å². The Labute approximate surface area is 90.2 Å². The summed E-state index contributed by atoms with van der Waals surface area (Å²) in [4.78, 5) is 0. The molecule has 1 unspecified atom stereocenters. The monoisotopic (exact) mass is 211 g/mol. The summed E-state index contributed by atoms with van der Waals surface area (Å²) in [7, 11) is 1.56. The van der Waals surface area contributed by atoms with Gasteiger partial charge in [0, 0.05) is 6.07 Å². The average Bonchev–Trinajstić information content (AvgIpc) is 2.26. The van der Waals surface area contributed by atoms with Gasteiger partial charge < -0.3 is 10.5 Å². The first-order chi connectivity index (χ1) is 7.13. The molecule has 0 aliphatic carbocycles. The summed E-state index contributed by atoms with van der Waals surface area (Å²) in [6.45, 7) is 4.54. The molecule has 0 aromatic heterocycles. The molecule has 1 aromatic carbocycles. The van der Waals surface area contributed by atoms with E-state index in [-0.39, 0.29) is 11.7 Å². The molecule has 0 spiro atoms. The van der Waals surface area contributed by atoms with Gasteiger partial charge >= 0.3 is 0 Å². The zero-order valence-electron chi connectivity index (χ0n) is 9.51. The second-order valence-electron chi connectivity index (χ2n) is 3.67. The molecular weight excluding hydrogens is 193 g/mol. The van der Waals surface area contributed by atoms with Crippen molar-refractivity contribution < 1.29 is 9.13 Å². The van der Waals surface area contributed by atoms with E-state index < -0.39 is 0 Å². The van der Waals surface area contributed by atoms with Gasteiger partial charge in [0.05, 0.1) is 7.11 Å². The van der Waals surface area contributed by atoms with Crippen LogP contribution in [0.4, 0.5) is 4.39 Å². The minimum absolute atomic E-state index is 0.157. The second kappa shape index (κ2) is 5.12. The molecular formula is C12H18FNO. The molecule has 0 aliphatic heterocycles. The van der Waals surface area contributed by atoms with Crippen molar-refractivity contribution in [2.75, 3.05) is 13.7 Å². The fourth-order valence-corrected chi connectivity index (χ4v) is 1.76. The molecule has 0 radical (unpaired) electrons. The van der Waals surface area contributed by atoms with Crippen LogP contribution in [0, 0.1) is 5.82 Å². The van der Waals surface area contributed by atoms with E-state index in [0.717, 1.165) is 17.5 Å². The Morgan fingerprint density at radius 3 is 2.60 bits per heavy atom. The Morgan fingerprint density at radius 1 is 1.47 bits per heavy atom. The van der Waals surface area contributed by atoms with Gasteiger partial charge in [-0.1, -0.05) is 13.8 Å². The van der Waals surface area contributed by atoms with Crippen molar-refractivity contribution in [2.24, 2.45) is 5.73 Å². The quantitative estimate of drug-likeness (QED) is 0.830. The molecule has 0 fully saturated rings. The van der Waals surface area contributed by atoms with Crippen molar-refractivity contribution in [1.82, 2.24) is 0 Å². The summed E-state index contributed by atoms with van der Waals surface area (Å²) in [5, 5.41) is 0. The number of benzene rings is 1. The molecule has 2 N–H and O–H groups in total. The van der Waals surface area contributed by atoms with Crippen molar-refractivity contribution >= 4 is 0 Å². The maximum absolute atomic E-state index is 13.3. The van der Waals surface area contributed by atoms with Gasteiger partial charge in [-0.2, -0.15) is 0 Å². The van der Waals surface area contributed by atoms with Crippen molar-refractivity contribution in [3.8, 4) is 5.75 Å². The summed E-state index contributed by atoms with van der Waals surface area (Å²) in [5.74, 6) is 0.511. The lowest BCUT2D eigenvalue weighted by Crippen LogP contribution is -2.12. The lowest BCUT2D eigenvalue weighted by Gasteiger charge is -2.17. The smallest absolute Gasteiger partial charge is 0.127 e. The number of nitrogens with two attached hydrogens (primary N) is 1. The lowest BCUT2D eigenvalue weighted by molar-refractivity contribution is 0.405. The van der Waals surface area contributed by atoms with Crippen LogP contribution in [0.25, 0.3) is 0 Å². The third-order valence-electron chi connectivity index (χ3n) is 2.67. The molecule has 0 aliphatic rings. The molecule has 0 saturated heterocycles. The van der Waals surface area contributed by atoms with Crippen molar-refractivity contribution in [3.05, 3.63) is 29.1 Å². The minimum Gasteiger partial charge on any atom is -0.496 e. The summed E-state index contributed by atoms with van der Waals surface area (Å²) in [5.41, 5.74) is 7.61. The molecule has 0 amide bonds. The number of rotatable bonds is 4. The minimum atomic E-state index is -0.264. The van der Waals surface area contributed by atoms with E-state index in [4.69, 9.17) is 10.5 Å². The van der Waals surface area contributed by atoms with Crippen LogP contribution in [-0.4, -0.2) is 13.7 Å². The highest BCUT2D eigenvalue weighted by Crippen LogP contribution is 2.29. The SMILES string of the molecule is CCc1c(OC)cc(F)cc1C(C)CN. The van der Waals surface area contributed by atoms with Crippen LogP contribution in [0.5, 0.6) is 5.75 Å². The number of hydrogen-bond acceptors (Lipinski definition) is 2. The third kappa shape index (κ3) is 2.48. The van der Waals surface area contributed by atoms with Gasteiger partial charge in [0.15, 0.2) is 0 Å². The van der Waals surface area contributed by atoms with E-state index in [2.05, 4.69) is 0 Å². The topological polar surface area (TPSA) is 35.2 Å². The molecule has 84 valence electrons. The van der Waals surface area contributed by atoms with Crippen LogP contribution < -0.4 is 10.5 Å². The van der Waals surface area contributed by atoms with Gasteiger partial charge in [-0.05, 0) is 36.1 Å². The summed E-state index contributed by atoms with van der Waals surface area (Å²) in [6.07, 6.45) is 0.823. The molecule has 0 heterocycles. The van der Waals surface area contributed by atoms with E-state index in [1.807, 2.05) is 13.8 Å². The Bertz CT molecular complexity index is 339. The highest BCUT2D eigenvalue weighted by atomic mass is 19.1. The van der Waals surface area contributed by atoms with Crippen molar-refractivity contribution in [1.29, 1.82) is 0 Å². The predicted octanol–water partition coefficient (Wildman–Crippen LogP) is 2.46. The number of ether oxygens (including phenoxy) is 1. The van der Waals surface area contributed by atoms with Crippen LogP contribution in [0.3, 0.4) is 0 Å². The molecule has 1 aromatic rings. The highest BCUT2D eigenvalue weighted by Gasteiger charge is 2.14. The second-order valence-corrected chi connectivity index (χ2v) is 3.67. The molecule has 2 nitrogen and oxygen atoms in total. The fourth-order valence-electron chi connectivity index (χ4n) is 1.76. The van der Waals surface area contributed by atoms with Crippen LogP contribution in [0.1, 0.15) is 30.9 Å². The Morgan fingerprint density at radius 2 is 2.13 bits per heavy atom. The van der Waals surface area contributed by atoms with E-state index in [1.165, 1.54) is 6.07 Å². The average molecular weight is 211 g/mol.